The van der Waals surface area contributed by atoms with Gasteiger partial charge in [0, 0.05) is 0 Å². The minimum Gasteiger partial charge on any atom is -0.431 e. The van der Waals surface area contributed by atoms with Gasteiger partial charge in [0.2, 0.25) is 0 Å². The first-order chi connectivity index (χ1) is 19.1. The molecule has 0 saturated carbocycles. The van der Waals surface area contributed by atoms with Crippen LogP contribution in [0.15, 0.2) is 139 Å². The lowest BCUT2D eigenvalue weighted by Gasteiger charge is -2.29. The maximum Gasteiger partial charge on any atom is 0.331 e. The van der Waals surface area contributed by atoms with Crippen LogP contribution in [-0.4, -0.2) is 0 Å². The fraction of sp³-hybridized carbons (Fsp3) is 0. The lowest BCUT2D eigenvalue weighted by Crippen LogP contribution is -2.13. The molecule has 0 spiro atoms. The number of nitrogens with two attached hydrogens (primary N) is 4. The van der Waals surface area contributed by atoms with Crippen molar-refractivity contribution in [3.8, 4) is 23.0 Å². The lowest BCUT2D eigenvalue weighted by molar-refractivity contribution is 0.580. The summed E-state index contributed by atoms with van der Waals surface area (Å²) in [6.45, 7) is 0. The maximum atomic E-state index is 6.76. The van der Waals surface area contributed by atoms with Crippen LogP contribution in [0.3, 0.4) is 0 Å². The molecule has 4 aromatic carbocycles. The highest BCUT2D eigenvalue weighted by molar-refractivity contribution is 7.81. The van der Waals surface area contributed by atoms with E-state index in [4.69, 9.17) is 40.1 Å². The van der Waals surface area contributed by atoms with Crippen LogP contribution in [-0.2, 0) is 0 Å². The maximum absolute atomic E-state index is 6.76. The largest absolute Gasteiger partial charge is 0.431 e. The molecule has 16 heteroatoms. The first-order valence-electron chi connectivity index (χ1n) is 11.8. The summed E-state index contributed by atoms with van der Waals surface area (Å²) in [6.07, 6.45) is 0. The zero-order chi connectivity index (χ0) is 28.1. The van der Waals surface area contributed by atoms with Gasteiger partial charge >= 0.3 is 30.3 Å². The average Bonchev–Trinajstić information content (AvgIpc) is 2.89. The number of rotatable bonds is 8. The number of hydrogen-bond acceptors (Lipinski definition) is 12. The molecule has 0 aromatic heterocycles. The number of nitrogens with zero attached hydrogens (tertiary/aromatic N) is 4. The molecule has 0 amide bonds. The summed E-state index contributed by atoms with van der Waals surface area (Å²) in [6, 6.07) is 35.2. The number of para-hydroxylation sites is 4. The summed E-state index contributed by atoms with van der Waals surface area (Å²) in [7, 11) is -15.0. The van der Waals surface area contributed by atoms with Crippen molar-refractivity contribution >= 4 is 30.3 Å². The Morgan fingerprint density at radius 3 is 0.675 bits per heavy atom. The van der Waals surface area contributed by atoms with E-state index in [9.17, 15) is 0 Å². The zero-order valence-corrected chi connectivity index (χ0v) is 24.6. The van der Waals surface area contributed by atoms with E-state index >= 15 is 0 Å². The standard InChI is InChI=1S/C24H28N8O4P4/c25-37(33-21-13-5-1-6-14-21)29-38(26,34-22-15-7-2-8-16-22)31-40(28,36-24-19-11-4-12-20-24)32-39(27,30-37)35-23-17-9-3-10-18-23/h1-20H,25-28H2. The third-order valence-electron chi connectivity index (χ3n) is 4.96. The second-order valence-electron chi connectivity index (χ2n) is 8.33. The molecule has 8 N–H and O–H groups in total. The first kappa shape index (κ1) is 28.4. The molecule has 0 aliphatic carbocycles. The molecule has 12 nitrogen and oxygen atoms in total. The molecule has 0 saturated heterocycles. The smallest absolute Gasteiger partial charge is 0.331 e. The first-order valence-corrected chi connectivity index (χ1v) is 18.5. The average molecular weight is 616 g/mol. The van der Waals surface area contributed by atoms with E-state index in [0.29, 0.717) is 23.0 Å². The Labute approximate surface area is 232 Å². The van der Waals surface area contributed by atoms with E-state index in [1.54, 1.807) is 97.1 Å². The van der Waals surface area contributed by atoms with E-state index in [1.165, 1.54) is 0 Å². The molecule has 0 radical (unpaired) electrons. The molecule has 0 atom stereocenters. The fourth-order valence-electron chi connectivity index (χ4n) is 3.50. The van der Waals surface area contributed by atoms with Gasteiger partial charge in [-0.15, -0.1) is 18.1 Å². The molecule has 5 rings (SSSR count). The molecule has 1 aliphatic rings. The van der Waals surface area contributed by atoms with Crippen LogP contribution < -0.4 is 40.1 Å². The Hall–Kier alpha value is -3.16. The normalized spacial score (nSPS) is 27.7. The zero-order valence-electron chi connectivity index (χ0n) is 21.1. The molecule has 0 fully saturated rings. The third kappa shape index (κ3) is 7.52. The van der Waals surface area contributed by atoms with Gasteiger partial charge < -0.3 is 18.1 Å². The predicted molar refractivity (Wildman–Crippen MR) is 162 cm³/mol. The molecular weight excluding hydrogens is 588 g/mol. The van der Waals surface area contributed by atoms with Crippen LogP contribution >= 0.6 is 30.3 Å². The molecule has 208 valence electrons. The van der Waals surface area contributed by atoms with Crippen molar-refractivity contribution in [2.45, 2.75) is 0 Å². The van der Waals surface area contributed by atoms with Crippen LogP contribution in [0.4, 0.5) is 0 Å². The summed E-state index contributed by atoms with van der Waals surface area (Å²) >= 11 is 0. The minimum atomic E-state index is -3.74. The molecule has 4 aromatic rings. The van der Waals surface area contributed by atoms with Crippen molar-refractivity contribution in [2.24, 2.45) is 40.1 Å². The van der Waals surface area contributed by atoms with Crippen molar-refractivity contribution < 1.29 is 18.1 Å². The van der Waals surface area contributed by atoms with E-state index in [1.807, 2.05) is 24.3 Å². The summed E-state index contributed by atoms with van der Waals surface area (Å²) < 4.78 is 43.1. The number of benzene rings is 4. The monoisotopic (exact) mass is 616 g/mol. The van der Waals surface area contributed by atoms with Crippen LogP contribution in [0.25, 0.3) is 0 Å². The highest BCUT2D eigenvalue weighted by Crippen LogP contribution is 2.71. The van der Waals surface area contributed by atoms with Crippen molar-refractivity contribution in [1.82, 2.24) is 0 Å². The van der Waals surface area contributed by atoms with Gasteiger partial charge in [-0.3, -0.25) is 0 Å². The summed E-state index contributed by atoms with van der Waals surface area (Å²) in [4.78, 5) is 0. The van der Waals surface area contributed by atoms with Crippen molar-refractivity contribution in [2.75, 3.05) is 0 Å². The Morgan fingerprint density at radius 2 is 0.500 bits per heavy atom. The van der Waals surface area contributed by atoms with Gasteiger partial charge in [-0.05, 0) is 48.5 Å². The van der Waals surface area contributed by atoms with Gasteiger partial charge in [-0.2, -0.15) is 0 Å². The molecular formula is C24H28N8O4P4. The van der Waals surface area contributed by atoms with Gasteiger partial charge in [0.15, 0.2) is 0 Å². The van der Waals surface area contributed by atoms with Crippen molar-refractivity contribution in [3.05, 3.63) is 121 Å². The van der Waals surface area contributed by atoms with Gasteiger partial charge in [0.05, 0.1) is 0 Å². The Morgan fingerprint density at radius 1 is 0.325 bits per heavy atom. The summed E-state index contributed by atoms with van der Waals surface area (Å²) in [5.41, 5.74) is 27.0. The highest BCUT2D eigenvalue weighted by Gasteiger charge is 2.37. The van der Waals surface area contributed by atoms with Gasteiger partial charge in [0.1, 0.15) is 23.0 Å². The van der Waals surface area contributed by atoms with Gasteiger partial charge in [-0.25, -0.2) is 22.0 Å². The summed E-state index contributed by atoms with van der Waals surface area (Å²) in [5, 5.41) is 0. The minimum absolute atomic E-state index is 0.387. The van der Waals surface area contributed by atoms with Gasteiger partial charge in [0.25, 0.3) is 0 Å². The second kappa shape index (κ2) is 11.8. The van der Waals surface area contributed by atoms with E-state index in [-0.39, 0.29) is 0 Å². The molecule has 1 aliphatic heterocycles. The highest BCUT2D eigenvalue weighted by atomic mass is 31.3. The Balaban J connectivity index is 1.74. The predicted octanol–water partition coefficient (Wildman–Crippen LogP) is 7.94. The fourth-order valence-corrected chi connectivity index (χ4v) is 14.1. The van der Waals surface area contributed by atoms with Crippen molar-refractivity contribution in [3.63, 3.8) is 0 Å². The summed E-state index contributed by atoms with van der Waals surface area (Å²) in [5.74, 6) is 1.55. The van der Waals surface area contributed by atoms with E-state index < -0.39 is 30.3 Å². The van der Waals surface area contributed by atoms with Crippen molar-refractivity contribution in [1.29, 1.82) is 0 Å². The molecule has 0 bridgehead atoms. The van der Waals surface area contributed by atoms with E-state index in [0.717, 1.165) is 0 Å². The topological polar surface area (TPSA) is 190 Å². The third-order valence-corrected chi connectivity index (χ3v) is 15.1. The second-order valence-corrected chi connectivity index (χ2v) is 16.6. The Bertz CT molecular complexity index is 1420. The Kier molecular flexibility index (Phi) is 8.34. The van der Waals surface area contributed by atoms with Crippen LogP contribution in [0.1, 0.15) is 0 Å². The van der Waals surface area contributed by atoms with Gasteiger partial charge in [-0.1, -0.05) is 72.8 Å². The SMILES string of the molecule is NP1(Oc2ccccc2)=NP(N)(Oc2ccccc2)=NP(N)(Oc2ccccc2)=NP(N)(Oc2ccccc2)=N1. The molecule has 0 unspecified atom stereocenters. The number of hydrogen-bond donors (Lipinski definition) is 4. The quantitative estimate of drug-likeness (QED) is 0.143. The molecule has 40 heavy (non-hydrogen) atoms. The van der Waals surface area contributed by atoms with E-state index in [2.05, 4.69) is 18.1 Å². The lowest BCUT2D eigenvalue weighted by atomic mass is 10.3. The van der Waals surface area contributed by atoms with Crippen LogP contribution in [0.5, 0.6) is 23.0 Å². The molecule has 1 heterocycles. The van der Waals surface area contributed by atoms with Crippen LogP contribution in [0.2, 0.25) is 0 Å². The van der Waals surface area contributed by atoms with Crippen LogP contribution in [0, 0.1) is 0 Å².